The summed E-state index contributed by atoms with van der Waals surface area (Å²) in [6.45, 7) is 1.57. The lowest BCUT2D eigenvalue weighted by atomic mass is 10.0. The number of carboxylic acid groups (broad SMARTS) is 1. The minimum Gasteiger partial charge on any atom is -0.480 e. The predicted molar refractivity (Wildman–Crippen MR) is 113 cm³/mol. The molecule has 4 rings (SSSR count). The van der Waals surface area contributed by atoms with Gasteiger partial charge in [-0.05, 0) is 49.1 Å². The minimum absolute atomic E-state index is 0.0720. The number of fused-ring (bicyclic) bond motifs is 1. The Balaban J connectivity index is 1.61. The average molecular weight is 486 g/mol. The van der Waals surface area contributed by atoms with Gasteiger partial charge in [-0.3, -0.25) is 4.79 Å². The lowest BCUT2D eigenvalue weighted by molar-refractivity contribution is -0.141. The summed E-state index contributed by atoms with van der Waals surface area (Å²) in [6.07, 6.45) is -4.57. The van der Waals surface area contributed by atoms with Crippen molar-refractivity contribution in [1.29, 1.82) is 0 Å². The molecule has 2 aromatic carbocycles. The van der Waals surface area contributed by atoms with Crippen molar-refractivity contribution in [3.05, 3.63) is 65.0 Å². The summed E-state index contributed by atoms with van der Waals surface area (Å²) in [4.78, 5) is 14.0. The third-order valence-corrected chi connectivity index (χ3v) is 9.00. The molecule has 0 aromatic heterocycles. The van der Waals surface area contributed by atoms with E-state index >= 15 is 0 Å². The molecular formula is C22H22F4N2O4S. The zero-order valence-corrected chi connectivity index (χ0v) is 18.5. The number of anilines is 1. The number of nitrogens with zero attached hydrogens (tertiary/aromatic N) is 2. The van der Waals surface area contributed by atoms with Crippen molar-refractivity contribution in [3.63, 3.8) is 0 Å². The van der Waals surface area contributed by atoms with Crippen LogP contribution in [0.2, 0.25) is 0 Å². The number of alkyl halides is 3. The van der Waals surface area contributed by atoms with Crippen LogP contribution in [0.3, 0.4) is 0 Å². The Morgan fingerprint density at radius 1 is 1.15 bits per heavy atom. The van der Waals surface area contributed by atoms with Gasteiger partial charge in [0.2, 0.25) is 14.8 Å². The average Bonchev–Trinajstić information content (AvgIpc) is 3.14. The number of carboxylic acids is 1. The van der Waals surface area contributed by atoms with Crippen molar-refractivity contribution in [2.75, 3.05) is 24.5 Å². The molecule has 0 bridgehead atoms. The molecule has 1 fully saturated rings. The van der Waals surface area contributed by atoms with E-state index in [0.29, 0.717) is 18.1 Å². The normalized spacial score (nSPS) is 24.0. The van der Waals surface area contributed by atoms with Gasteiger partial charge in [0, 0.05) is 31.4 Å². The van der Waals surface area contributed by atoms with Gasteiger partial charge in [0.1, 0.15) is 5.82 Å². The van der Waals surface area contributed by atoms with Crippen molar-refractivity contribution >= 4 is 21.7 Å². The van der Waals surface area contributed by atoms with Crippen LogP contribution in [0.25, 0.3) is 0 Å². The molecule has 11 heteroatoms. The zero-order valence-electron chi connectivity index (χ0n) is 17.6. The lowest BCUT2D eigenvalue weighted by Gasteiger charge is -2.43. The van der Waals surface area contributed by atoms with Crippen LogP contribution in [0.1, 0.15) is 30.0 Å². The number of rotatable bonds is 4. The summed E-state index contributed by atoms with van der Waals surface area (Å²) in [5.74, 6) is -2.85. The number of benzene rings is 2. The highest BCUT2D eigenvalue weighted by atomic mass is 32.2. The van der Waals surface area contributed by atoms with Crippen molar-refractivity contribution in [1.82, 2.24) is 4.31 Å². The molecule has 178 valence electrons. The van der Waals surface area contributed by atoms with E-state index in [1.54, 1.807) is 30.0 Å². The first-order valence-corrected chi connectivity index (χ1v) is 11.8. The molecule has 0 spiro atoms. The third kappa shape index (κ3) is 3.67. The van der Waals surface area contributed by atoms with E-state index in [1.807, 2.05) is 0 Å². The zero-order chi connectivity index (χ0) is 24.2. The standard InChI is InChI=1S/C22H22F4N2O4S/c1-14-13-27(10-11-28(14)16-6-7-18(19(23)12-16)22(24,25)26)33(31,32)21(20(29)30)9-8-15-4-2-3-5-17(15)21/h2-7,12,14H,8-11,13H2,1H3,(H,29,30)/t14-,21?/m0/s1. The van der Waals surface area contributed by atoms with Crippen LogP contribution in [0.4, 0.5) is 23.2 Å². The number of hydrogen-bond donors (Lipinski definition) is 1. The highest BCUT2D eigenvalue weighted by Gasteiger charge is 2.58. The molecule has 33 heavy (non-hydrogen) atoms. The number of carbonyl (C=O) groups is 1. The van der Waals surface area contributed by atoms with Crippen LogP contribution < -0.4 is 4.90 Å². The molecule has 1 N–H and O–H groups in total. The van der Waals surface area contributed by atoms with Crippen LogP contribution in [0, 0.1) is 5.82 Å². The van der Waals surface area contributed by atoms with Crippen molar-refractivity contribution in [3.8, 4) is 0 Å². The Kier molecular flexibility index (Phi) is 5.68. The maximum Gasteiger partial charge on any atom is 0.419 e. The minimum atomic E-state index is -4.82. The third-order valence-electron chi connectivity index (χ3n) is 6.50. The largest absolute Gasteiger partial charge is 0.480 e. The molecule has 0 amide bonds. The Labute approximate surface area is 188 Å². The van der Waals surface area contributed by atoms with Gasteiger partial charge in [-0.1, -0.05) is 24.3 Å². The van der Waals surface area contributed by atoms with Gasteiger partial charge in [-0.2, -0.15) is 17.5 Å². The first-order chi connectivity index (χ1) is 15.4. The van der Waals surface area contributed by atoms with Gasteiger partial charge in [0.05, 0.1) is 5.56 Å². The molecule has 6 nitrogen and oxygen atoms in total. The van der Waals surface area contributed by atoms with E-state index in [0.717, 1.165) is 16.4 Å². The summed E-state index contributed by atoms with van der Waals surface area (Å²) in [5, 5.41) is 10.0. The molecule has 2 aliphatic rings. The predicted octanol–water partition coefficient (Wildman–Crippen LogP) is 3.61. The van der Waals surface area contributed by atoms with E-state index in [1.165, 1.54) is 6.07 Å². The second-order valence-electron chi connectivity index (χ2n) is 8.36. The van der Waals surface area contributed by atoms with Gasteiger partial charge < -0.3 is 10.0 Å². The fourth-order valence-corrected chi connectivity index (χ4v) is 7.07. The fraction of sp³-hybridized carbons (Fsp3) is 0.409. The number of halogens is 4. The van der Waals surface area contributed by atoms with Crippen LogP contribution in [-0.2, 0) is 32.2 Å². The van der Waals surface area contributed by atoms with E-state index < -0.39 is 44.3 Å². The van der Waals surface area contributed by atoms with Crippen LogP contribution >= 0.6 is 0 Å². The lowest BCUT2D eigenvalue weighted by Crippen LogP contribution is -2.58. The SMILES string of the molecule is C[C@H]1CN(S(=O)(=O)C2(C(=O)O)CCc3ccccc32)CCN1c1ccc(C(F)(F)F)c(F)c1. The van der Waals surface area contributed by atoms with Gasteiger partial charge in [0.25, 0.3) is 0 Å². The molecule has 1 aliphatic carbocycles. The Morgan fingerprint density at radius 2 is 1.85 bits per heavy atom. The number of sulfonamides is 1. The Morgan fingerprint density at radius 3 is 2.45 bits per heavy atom. The highest BCUT2D eigenvalue weighted by Crippen LogP contribution is 2.45. The summed E-state index contributed by atoms with van der Waals surface area (Å²) in [7, 11) is -4.32. The molecule has 1 aliphatic heterocycles. The van der Waals surface area contributed by atoms with Gasteiger partial charge in [0.15, 0.2) is 0 Å². The van der Waals surface area contributed by atoms with Crippen LogP contribution in [0.5, 0.6) is 0 Å². The molecule has 0 radical (unpaired) electrons. The van der Waals surface area contributed by atoms with E-state index in [2.05, 4.69) is 0 Å². The second kappa shape index (κ2) is 7.98. The van der Waals surface area contributed by atoms with Crippen molar-refractivity contribution < 1.29 is 35.9 Å². The maximum atomic E-state index is 14.1. The Bertz CT molecular complexity index is 1200. The van der Waals surface area contributed by atoms with Gasteiger partial charge in [-0.25, -0.2) is 12.8 Å². The Hall–Kier alpha value is -2.66. The molecule has 1 heterocycles. The van der Waals surface area contributed by atoms with Crippen LogP contribution in [-0.4, -0.2) is 49.5 Å². The van der Waals surface area contributed by atoms with E-state index in [9.17, 15) is 35.9 Å². The quantitative estimate of drug-likeness (QED) is 0.669. The first kappa shape index (κ1) is 23.5. The second-order valence-corrected chi connectivity index (χ2v) is 10.5. The van der Waals surface area contributed by atoms with Crippen molar-refractivity contribution in [2.45, 2.75) is 36.7 Å². The first-order valence-electron chi connectivity index (χ1n) is 10.3. The van der Waals surface area contributed by atoms with Gasteiger partial charge in [-0.15, -0.1) is 0 Å². The van der Waals surface area contributed by atoms with Crippen LogP contribution in [0.15, 0.2) is 42.5 Å². The van der Waals surface area contributed by atoms with E-state index in [-0.39, 0.29) is 37.3 Å². The maximum absolute atomic E-state index is 14.1. The van der Waals surface area contributed by atoms with E-state index in [4.69, 9.17) is 0 Å². The molecule has 2 atom stereocenters. The number of aryl methyl sites for hydroxylation is 1. The fourth-order valence-electron chi connectivity index (χ4n) is 4.84. The summed E-state index contributed by atoms with van der Waals surface area (Å²) >= 11 is 0. The number of hydrogen-bond acceptors (Lipinski definition) is 4. The molecule has 1 unspecified atom stereocenters. The van der Waals surface area contributed by atoms with Crippen molar-refractivity contribution in [2.24, 2.45) is 0 Å². The topological polar surface area (TPSA) is 77.9 Å². The number of aliphatic carboxylic acids is 1. The summed E-state index contributed by atoms with van der Waals surface area (Å²) in [6, 6.07) is 8.66. The van der Waals surface area contributed by atoms with Gasteiger partial charge >= 0.3 is 12.1 Å². The molecular weight excluding hydrogens is 464 g/mol. The monoisotopic (exact) mass is 486 g/mol. The summed E-state index contributed by atoms with van der Waals surface area (Å²) < 4.78 is 79.0. The number of piperazine rings is 1. The molecule has 0 saturated carbocycles. The molecule has 1 saturated heterocycles. The summed E-state index contributed by atoms with van der Waals surface area (Å²) in [5.41, 5.74) is -0.236. The highest BCUT2D eigenvalue weighted by molar-refractivity contribution is 7.90. The molecule has 2 aromatic rings. The smallest absolute Gasteiger partial charge is 0.419 e.